The number of aryl methyl sites for hydroxylation is 1. The Morgan fingerprint density at radius 2 is 2.25 bits per heavy atom. The topological polar surface area (TPSA) is 108 Å². The van der Waals surface area contributed by atoms with Crippen molar-refractivity contribution >= 4 is 11.4 Å². The molecule has 0 saturated heterocycles. The molecule has 0 aliphatic carbocycles. The Morgan fingerprint density at radius 1 is 1.50 bits per heavy atom. The van der Waals surface area contributed by atoms with Gasteiger partial charge in [-0.25, -0.2) is 0 Å². The van der Waals surface area contributed by atoms with E-state index in [0.717, 1.165) is 0 Å². The lowest BCUT2D eigenvalue weighted by Crippen LogP contribution is -1.94. The number of hydrogen-bond donors (Lipinski definition) is 1. The number of rotatable bonds is 2. The van der Waals surface area contributed by atoms with Crippen molar-refractivity contribution in [3.05, 3.63) is 34.1 Å². The van der Waals surface area contributed by atoms with Gasteiger partial charge in [0.25, 0.3) is 11.6 Å². The molecule has 0 radical (unpaired) electrons. The number of nitrogens with zero attached hydrogens (tertiary/aromatic N) is 3. The minimum absolute atomic E-state index is 0.0694. The van der Waals surface area contributed by atoms with E-state index in [1.54, 1.807) is 6.92 Å². The lowest BCUT2D eigenvalue weighted by Gasteiger charge is -1.99. The molecule has 0 atom stereocenters. The van der Waals surface area contributed by atoms with E-state index in [2.05, 4.69) is 10.1 Å². The lowest BCUT2D eigenvalue weighted by molar-refractivity contribution is -0.384. The van der Waals surface area contributed by atoms with Crippen molar-refractivity contribution in [2.75, 3.05) is 5.73 Å². The Balaban J connectivity index is 2.55. The summed E-state index contributed by atoms with van der Waals surface area (Å²) in [6, 6.07) is 4.07. The molecule has 0 aliphatic rings. The highest BCUT2D eigenvalue weighted by Gasteiger charge is 2.15. The molecule has 0 aliphatic heterocycles. The van der Waals surface area contributed by atoms with Gasteiger partial charge in [-0.2, -0.15) is 4.98 Å². The number of nitro groups is 1. The molecule has 7 heteroatoms. The summed E-state index contributed by atoms with van der Waals surface area (Å²) in [5.41, 5.74) is 6.34. The van der Waals surface area contributed by atoms with Crippen LogP contribution >= 0.6 is 0 Å². The third-order valence-corrected chi connectivity index (χ3v) is 2.01. The summed E-state index contributed by atoms with van der Waals surface area (Å²) in [5.74, 6) is 0.625. The van der Waals surface area contributed by atoms with Gasteiger partial charge in [0.05, 0.1) is 10.5 Å². The van der Waals surface area contributed by atoms with Gasteiger partial charge < -0.3 is 10.3 Å². The van der Waals surface area contributed by atoms with Crippen LogP contribution in [0.25, 0.3) is 11.5 Å². The van der Waals surface area contributed by atoms with Crippen LogP contribution in [0.4, 0.5) is 11.4 Å². The molecule has 7 nitrogen and oxygen atoms in total. The van der Waals surface area contributed by atoms with Crippen molar-refractivity contribution in [3.63, 3.8) is 0 Å². The minimum atomic E-state index is -0.508. The van der Waals surface area contributed by atoms with Crippen LogP contribution in [0.5, 0.6) is 0 Å². The zero-order valence-electron chi connectivity index (χ0n) is 8.38. The van der Waals surface area contributed by atoms with E-state index in [9.17, 15) is 10.1 Å². The molecule has 0 unspecified atom stereocenters. The van der Waals surface area contributed by atoms with E-state index in [-0.39, 0.29) is 11.6 Å². The largest absolute Gasteiger partial charge is 0.398 e. The summed E-state index contributed by atoms with van der Waals surface area (Å²) in [7, 11) is 0. The van der Waals surface area contributed by atoms with Gasteiger partial charge in [0, 0.05) is 17.8 Å². The van der Waals surface area contributed by atoms with Crippen molar-refractivity contribution in [1.29, 1.82) is 0 Å². The molecule has 1 aromatic carbocycles. The molecule has 2 rings (SSSR count). The highest BCUT2D eigenvalue weighted by Crippen LogP contribution is 2.28. The second-order valence-electron chi connectivity index (χ2n) is 3.18. The first kappa shape index (κ1) is 10.1. The van der Waals surface area contributed by atoms with Gasteiger partial charge in [0.2, 0.25) is 0 Å². The Bertz CT molecular complexity index is 549. The standard InChI is InChI=1S/C9H8N4O3/c1-5-11-9(16-12-5)7-4-6(13(14)15)2-3-8(7)10/h2-4H,10H2,1H3. The molecule has 2 aromatic rings. The van der Waals surface area contributed by atoms with Crippen molar-refractivity contribution in [2.24, 2.45) is 0 Å². The Morgan fingerprint density at radius 3 is 2.81 bits per heavy atom. The van der Waals surface area contributed by atoms with Crippen molar-refractivity contribution in [1.82, 2.24) is 10.1 Å². The number of benzene rings is 1. The van der Waals surface area contributed by atoms with Crippen molar-refractivity contribution in [2.45, 2.75) is 6.92 Å². The van der Waals surface area contributed by atoms with Gasteiger partial charge in [-0.3, -0.25) is 10.1 Å². The van der Waals surface area contributed by atoms with Gasteiger partial charge in [-0.15, -0.1) is 0 Å². The summed E-state index contributed by atoms with van der Waals surface area (Å²) in [6.45, 7) is 1.65. The van der Waals surface area contributed by atoms with Crippen LogP contribution in [0, 0.1) is 17.0 Å². The number of nitrogens with two attached hydrogens (primary N) is 1. The first-order valence-corrected chi connectivity index (χ1v) is 4.42. The normalized spacial score (nSPS) is 10.3. The first-order chi connectivity index (χ1) is 7.58. The summed E-state index contributed by atoms with van der Waals surface area (Å²) < 4.78 is 4.90. The maximum absolute atomic E-state index is 10.6. The third-order valence-electron chi connectivity index (χ3n) is 2.01. The van der Waals surface area contributed by atoms with Gasteiger partial charge in [0.15, 0.2) is 5.82 Å². The SMILES string of the molecule is Cc1noc(-c2cc([N+](=O)[O-])ccc2N)n1. The van der Waals surface area contributed by atoms with Crippen molar-refractivity contribution < 1.29 is 9.45 Å². The molecule has 0 fully saturated rings. The summed E-state index contributed by atoms with van der Waals surface area (Å²) in [4.78, 5) is 14.1. The van der Waals surface area contributed by atoms with Gasteiger partial charge in [-0.05, 0) is 13.0 Å². The van der Waals surface area contributed by atoms with E-state index in [1.165, 1.54) is 18.2 Å². The van der Waals surface area contributed by atoms with Crippen LogP contribution < -0.4 is 5.73 Å². The zero-order valence-corrected chi connectivity index (χ0v) is 8.38. The van der Waals surface area contributed by atoms with Crippen LogP contribution in [-0.4, -0.2) is 15.1 Å². The molecule has 1 aromatic heterocycles. The van der Waals surface area contributed by atoms with Gasteiger partial charge >= 0.3 is 0 Å². The van der Waals surface area contributed by atoms with Crippen LogP contribution in [0.2, 0.25) is 0 Å². The molecular formula is C9H8N4O3. The minimum Gasteiger partial charge on any atom is -0.398 e. The average molecular weight is 220 g/mol. The maximum Gasteiger partial charge on any atom is 0.270 e. The maximum atomic E-state index is 10.6. The smallest absolute Gasteiger partial charge is 0.270 e. The summed E-state index contributed by atoms with van der Waals surface area (Å²) in [5, 5.41) is 14.2. The predicted octanol–water partition coefficient (Wildman–Crippen LogP) is 1.54. The quantitative estimate of drug-likeness (QED) is 0.467. The molecule has 1 heterocycles. The number of nitrogen functional groups attached to an aromatic ring is 1. The number of non-ortho nitro benzene ring substituents is 1. The Kier molecular flexibility index (Phi) is 2.28. The van der Waals surface area contributed by atoms with E-state index < -0.39 is 4.92 Å². The summed E-state index contributed by atoms with van der Waals surface area (Å²) in [6.07, 6.45) is 0. The Hall–Kier alpha value is -2.44. The fourth-order valence-electron chi connectivity index (χ4n) is 1.25. The third kappa shape index (κ3) is 1.70. The van der Waals surface area contributed by atoms with E-state index in [4.69, 9.17) is 10.3 Å². The van der Waals surface area contributed by atoms with E-state index >= 15 is 0 Å². The second kappa shape index (κ2) is 3.61. The lowest BCUT2D eigenvalue weighted by atomic mass is 10.1. The van der Waals surface area contributed by atoms with Gasteiger partial charge in [0.1, 0.15) is 0 Å². The average Bonchev–Trinajstić information content (AvgIpc) is 2.65. The van der Waals surface area contributed by atoms with E-state index in [0.29, 0.717) is 17.1 Å². The summed E-state index contributed by atoms with van der Waals surface area (Å²) >= 11 is 0. The van der Waals surface area contributed by atoms with Gasteiger partial charge in [-0.1, -0.05) is 5.16 Å². The molecule has 16 heavy (non-hydrogen) atoms. The highest BCUT2D eigenvalue weighted by atomic mass is 16.6. The molecule has 2 N–H and O–H groups in total. The first-order valence-electron chi connectivity index (χ1n) is 4.42. The van der Waals surface area contributed by atoms with Crippen LogP contribution in [0.1, 0.15) is 5.82 Å². The molecular weight excluding hydrogens is 212 g/mol. The number of hydrogen-bond acceptors (Lipinski definition) is 6. The monoisotopic (exact) mass is 220 g/mol. The fraction of sp³-hybridized carbons (Fsp3) is 0.111. The molecule has 0 bridgehead atoms. The molecule has 0 saturated carbocycles. The predicted molar refractivity (Wildman–Crippen MR) is 55.5 cm³/mol. The van der Waals surface area contributed by atoms with E-state index in [1.807, 2.05) is 0 Å². The Labute approximate surface area is 90.0 Å². The molecule has 0 spiro atoms. The van der Waals surface area contributed by atoms with Crippen LogP contribution in [0.3, 0.4) is 0 Å². The van der Waals surface area contributed by atoms with Crippen LogP contribution in [-0.2, 0) is 0 Å². The number of anilines is 1. The second-order valence-corrected chi connectivity index (χ2v) is 3.18. The number of aromatic nitrogens is 2. The number of nitro benzene ring substituents is 1. The highest BCUT2D eigenvalue weighted by molar-refractivity contribution is 5.73. The van der Waals surface area contributed by atoms with Crippen molar-refractivity contribution in [3.8, 4) is 11.5 Å². The zero-order chi connectivity index (χ0) is 11.7. The fourth-order valence-corrected chi connectivity index (χ4v) is 1.25. The molecule has 0 amide bonds. The van der Waals surface area contributed by atoms with Crippen LogP contribution in [0.15, 0.2) is 22.7 Å². The molecule has 82 valence electrons.